The number of carbonyl (C=O) groups is 1. The molecule has 0 spiro atoms. The minimum Gasteiger partial charge on any atom is -0.372 e. The smallest absolute Gasteiger partial charge is 0.238 e. The van der Waals surface area contributed by atoms with Gasteiger partial charge in [0.15, 0.2) is 0 Å². The Kier molecular flexibility index (Phi) is 7.44. The molecule has 1 saturated heterocycles. The minimum atomic E-state index is -0.0239. The maximum absolute atomic E-state index is 12.5. The van der Waals surface area contributed by atoms with Crippen LogP contribution in [0.1, 0.15) is 19.4 Å². The number of morpholine rings is 1. The third-order valence-electron chi connectivity index (χ3n) is 4.94. The maximum atomic E-state index is 12.5. The summed E-state index contributed by atoms with van der Waals surface area (Å²) in [6.07, 6.45) is 2.27. The zero-order chi connectivity index (χ0) is 20.6. The van der Waals surface area contributed by atoms with E-state index >= 15 is 0 Å². The second kappa shape index (κ2) is 10.2. The van der Waals surface area contributed by atoms with Gasteiger partial charge < -0.3 is 15.0 Å². The van der Waals surface area contributed by atoms with E-state index in [0.29, 0.717) is 19.6 Å². The van der Waals surface area contributed by atoms with E-state index in [4.69, 9.17) is 4.74 Å². The number of carbonyl (C=O) groups excluding carboxylic acids is 1. The van der Waals surface area contributed by atoms with E-state index in [1.807, 2.05) is 36.4 Å². The first kappa shape index (κ1) is 21.1. The largest absolute Gasteiger partial charge is 0.372 e. The highest BCUT2D eigenvalue weighted by atomic mass is 16.5. The number of hydrogen-bond acceptors (Lipinski definition) is 4. The van der Waals surface area contributed by atoms with Gasteiger partial charge in [-0.15, -0.1) is 6.58 Å². The fourth-order valence-corrected chi connectivity index (χ4v) is 3.76. The van der Waals surface area contributed by atoms with Gasteiger partial charge in [-0.2, -0.15) is 0 Å². The lowest BCUT2D eigenvalue weighted by atomic mass is 10.2. The average molecular weight is 394 g/mol. The summed E-state index contributed by atoms with van der Waals surface area (Å²) in [7, 11) is 0. The second-order valence-electron chi connectivity index (χ2n) is 7.70. The molecule has 2 atom stereocenters. The van der Waals surface area contributed by atoms with Crippen LogP contribution in [0.5, 0.6) is 0 Å². The Labute approximate surface area is 174 Å². The molecule has 2 aromatic rings. The Morgan fingerprint density at radius 2 is 1.79 bits per heavy atom. The zero-order valence-corrected chi connectivity index (χ0v) is 17.4. The van der Waals surface area contributed by atoms with Gasteiger partial charge in [-0.3, -0.25) is 9.69 Å². The van der Waals surface area contributed by atoms with E-state index in [2.05, 4.69) is 59.8 Å². The molecule has 0 bridgehead atoms. The molecule has 5 nitrogen and oxygen atoms in total. The van der Waals surface area contributed by atoms with Crippen molar-refractivity contribution in [2.24, 2.45) is 0 Å². The van der Waals surface area contributed by atoms with Crippen molar-refractivity contribution in [3.63, 3.8) is 0 Å². The first-order chi connectivity index (χ1) is 14.0. The van der Waals surface area contributed by atoms with Crippen molar-refractivity contribution in [2.75, 3.05) is 36.4 Å². The van der Waals surface area contributed by atoms with Gasteiger partial charge in [-0.1, -0.05) is 36.4 Å². The van der Waals surface area contributed by atoms with E-state index in [1.54, 1.807) is 0 Å². The summed E-state index contributed by atoms with van der Waals surface area (Å²) >= 11 is 0. The molecular formula is C24H31N3O2. The topological polar surface area (TPSA) is 44.8 Å². The predicted molar refractivity (Wildman–Crippen MR) is 119 cm³/mol. The number of hydrogen-bond donors (Lipinski definition) is 1. The van der Waals surface area contributed by atoms with Crippen LogP contribution in [0.3, 0.4) is 0 Å². The van der Waals surface area contributed by atoms with Crippen LogP contribution in [0.4, 0.5) is 11.4 Å². The number of nitrogens with one attached hydrogen (secondary N) is 1. The zero-order valence-electron chi connectivity index (χ0n) is 17.4. The second-order valence-corrected chi connectivity index (χ2v) is 7.70. The van der Waals surface area contributed by atoms with Crippen LogP contribution in [0.2, 0.25) is 0 Å². The standard InChI is InChI=1S/C24H31N3O2/c1-4-14-26(17-21-8-6-5-7-9-21)18-24(28)25-22-10-12-23(13-11-22)27-15-19(2)29-20(3)16-27/h4-13,19-20H,1,14-18H2,2-3H3,(H,25,28). The van der Waals surface area contributed by atoms with Crippen molar-refractivity contribution in [1.29, 1.82) is 0 Å². The van der Waals surface area contributed by atoms with E-state index in [1.165, 1.54) is 5.56 Å². The van der Waals surface area contributed by atoms with Gasteiger partial charge in [-0.25, -0.2) is 0 Å². The Balaban J connectivity index is 1.55. The van der Waals surface area contributed by atoms with Crippen molar-refractivity contribution in [3.8, 4) is 0 Å². The Hall–Kier alpha value is -2.63. The summed E-state index contributed by atoms with van der Waals surface area (Å²) < 4.78 is 5.80. The van der Waals surface area contributed by atoms with Gasteiger partial charge in [-0.05, 0) is 43.7 Å². The molecule has 5 heteroatoms. The summed E-state index contributed by atoms with van der Waals surface area (Å²) in [5.74, 6) is -0.0239. The van der Waals surface area contributed by atoms with Crippen LogP contribution in [-0.4, -0.2) is 49.2 Å². The van der Waals surface area contributed by atoms with Crippen LogP contribution in [-0.2, 0) is 16.1 Å². The molecule has 0 saturated carbocycles. The third kappa shape index (κ3) is 6.44. The van der Waals surface area contributed by atoms with Gasteiger partial charge in [0.25, 0.3) is 0 Å². The summed E-state index contributed by atoms with van der Waals surface area (Å²) in [4.78, 5) is 16.9. The molecule has 1 fully saturated rings. The monoisotopic (exact) mass is 393 g/mol. The highest BCUT2D eigenvalue weighted by Crippen LogP contribution is 2.22. The first-order valence-corrected chi connectivity index (χ1v) is 10.2. The van der Waals surface area contributed by atoms with E-state index in [0.717, 1.165) is 24.5 Å². The fraction of sp³-hybridized carbons (Fsp3) is 0.375. The van der Waals surface area contributed by atoms with E-state index in [-0.39, 0.29) is 18.1 Å². The van der Waals surface area contributed by atoms with Crippen LogP contribution in [0, 0.1) is 0 Å². The third-order valence-corrected chi connectivity index (χ3v) is 4.94. The van der Waals surface area contributed by atoms with Gasteiger partial charge in [0, 0.05) is 37.6 Å². The van der Waals surface area contributed by atoms with Crippen LogP contribution < -0.4 is 10.2 Å². The normalized spacial score (nSPS) is 19.2. The van der Waals surface area contributed by atoms with Gasteiger partial charge in [0.05, 0.1) is 18.8 Å². The first-order valence-electron chi connectivity index (χ1n) is 10.2. The highest BCUT2D eigenvalue weighted by Gasteiger charge is 2.22. The SMILES string of the molecule is C=CCN(CC(=O)Nc1ccc(N2CC(C)OC(C)C2)cc1)Cc1ccccc1. The van der Waals surface area contributed by atoms with Crippen molar-refractivity contribution >= 4 is 17.3 Å². The molecule has 1 amide bonds. The average Bonchev–Trinajstić information content (AvgIpc) is 2.68. The van der Waals surface area contributed by atoms with Crippen LogP contribution >= 0.6 is 0 Å². The molecule has 1 heterocycles. The molecule has 2 aromatic carbocycles. The minimum absolute atomic E-state index is 0.0239. The summed E-state index contributed by atoms with van der Waals surface area (Å²) in [6, 6.07) is 18.2. The van der Waals surface area contributed by atoms with Gasteiger partial charge >= 0.3 is 0 Å². The lowest BCUT2D eigenvalue weighted by molar-refractivity contribution is -0.117. The highest BCUT2D eigenvalue weighted by molar-refractivity contribution is 5.92. The molecule has 1 aliphatic heterocycles. The Bertz CT molecular complexity index is 782. The molecule has 1 N–H and O–H groups in total. The van der Waals surface area contributed by atoms with Crippen LogP contribution in [0.25, 0.3) is 0 Å². The molecule has 1 aliphatic rings. The predicted octanol–water partition coefficient (Wildman–Crippen LogP) is 3.93. The number of benzene rings is 2. The molecule has 0 aromatic heterocycles. The lowest BCUT2D eigenvalue weighted by Crippen LogP contribution is -2.45. The maximum Gasteiger partial charge on any atom is 0.238 e. The van der Waals surface area contributed by atoms with Gasteiger partial charge in [0.2, 0.25) is 5.91 Å². The number of anilines is 2. The molecule has 29 heavy (non-hydrogen) atoms. The Morgan fingerprint density at radius 3 is 2.41 bits per heavy atom. The van der Waals surface area contributed by atoms with Crippen molar-refractivity contribution in [2.45, 2.75) is 32.6 Å². The number of rotatable bonds is 8. The molecule has 154 valence electrons. The van der Waals surface area contributed by atoms with Crippen LogP contribution in [0.15, 0.2) is 67.3 Å². The van der Waals surface area contributed by atoms with E-state index in [9.17, 15) is 4.79 Å². The number of amides is 1. The summed E-state index contributed by atoms with van der Waals surface area (Å²) in [5.41, 5.74) is 3.15. The summed E-state index contributed by atoms with van der Waals surface area (Å²) in [6.45, 7) is 11.5. The van der Waals surface area contributed by atoms with Crippen molar-refractivity contribution in [1.82, 2.24) is 4.90 Å². The van der Waals surface area contributed by atoms with Crippen molar-refractivity contribution < 1.29 is 9.53 Å². The van der Waals surface area contributed by atoms with Gasteiger partial charge in [0.1, 0.15) is 0 Å². The fourth-order valence-electron chi connectivity index (χ4n) is 3.76. The van der Waals surface area contributed by atoms with Crippen molar-refractivity contribution in [3.05, 3.63) is 72.8 Å². The molecule has 2 unspecified atom stereocenters. The molecule has 3 rings (SSSR count). The summed E-state index contributed by atoms with van der Waals surface area (Å²) in [5, 5.41) is 3.01. The Morgan fingerprint density at radius 1 is 1.14 bits per heavy atom. The molecule has 0 radical (unpaired) electrons. The number of nitrogens with zero attached hydrogens (tertiary/aromatic N) is 2. The molecular weight excluding hydrogens is 362 g/mol. The van der Waals surface area contributed by atoms with E-state index < -0.39 is 0 Å². The lowest BCUT2D eigenvalue weighted by Gasteiger charge is -2.36. The quantitative estimate of drug-likeness (QED) is 0.691. The number of ether oxygens (including phenoxy) is 1. The molecule has 0 aliphatic carbocycles.